The van der Waals surface area contributed by atoms with Crippen LogP contribution in [0.5, 0.6) is 0 Å². The standard InChI is InChI=1S/C3H2Br2F2I/c4-2(5)1(8)3(6)7/h2-3H. The minimum absolute atomic E-state index is 0.0719. The maximum Gasteiger partial charge on any atom is 0.256 e. The molecule has 5 heteroatoms. The quantitative estimate of drug-likeness (QED) is 0.522. The molecular formula is C3H2Br2F2I. The van der Waals surface area contributed by atoms with Crippen LogP contribution in [0.1, 0.15) is 0 Å². The van der Waals surface area contributed by atoms with Gasteiger partial charge >= 0.3 is 0 Å². The van der Waals surface area contributed by atoms with Crippen LogP contribution in [0.25, 0.3) is 0 Å². The Labute approximate surface area is 76.8 Å². The zero-order valence-electron chi connectivity index (χ0n) is 3.54. The molecule has 49 valence electrons. The van der Waals surface area contributed by atoms with Crippen LogP contribution in [-0.2, 0) is 0 Å². The van der Waals surface area contributed by atoms with Crippen LogP contribution >= 0.6 is 54.5 Å². The minimum atomic E-state index is -2.35. The predicted molar refractivity (Wildman–Crippen MR) is 44.9 cm³/mol. The number of halogens is 5. The first-order valence-corrected chi connectivity index (χ1v) is 4.55. The highest BCUT2D eigenvalue weighted by molar-refractivity contribution is 14.1. The van der Waals surface area contributed by atoms with E-state index in [0.717, 1.165) is 0 Å². The first-order valence-electron chi connectivity index (χ1n) is 1.64. The third-order valence-electron chi connectivity index (χ3n) is 0.417. The van der Waals surface area contributed by atoms with Gasteiger partial charge in [-0.25, -0.2) is 8.78 Å². The second-order valence-electron chi connectivity index (χ2n) is 0.986. The van der Waals surface area contributed by atoms with Crippen LogP contribution in [0.4, 0.5) is 8.78 Å². The fraction of sp³-hybridized carbons (Fsp3) is 0.667. The second kappa shape index (κ2) is 4.38. The first kappa shape index (κ1) is 9.55. The molecule has 0 amide bonds. The molecule has 0 heterocycles. The maximum atomic E-state index is 11.6. The average molecular weight is 363 g/mol. The Morgan fingerprint density at radius 3 is 1.75 bits per heavy atom. The van der Waals surface area contributed by atoms with Crippen LogP contribution in [0, 0.1) is 3.92 Å². The highest BCUT2D eigenvalue weighted by atomic mass is 127. The molecule has 8 heavy (non-hydrogen) atoms. The summed E-state index contributed by atoms with van der Waals surface area (Å²) in [6.07, 6.45) is -2.35. The van der Waals surface area contributed by atoms with Gasteiger partial charge in [0.25, 0.3) is 6.43 Å². The molecule has 0 aliphatic rings. The summed E-state index contributed by atoms with van der Waals surface area (Å²) in [6.45, 7) is 0. The van der Waals surface area contributed by atoms with E-state index in [-0.39, 0.29) is 7.66 Å². The summed E-state index contributed by atoms with van der Waals surface area (Å²) in [6, 6.07) is 0. The molecule has 0 aromatic carbocycles. The van der Waals surface area contributed by atoms with Crippen LogP contribution < -0.4 is 0 Å². The molecule has 0 rings (SSSR count). The Bertz CT molecular complexity index is 60.3. The van der Waals surface area contributed by atoms with E-state index in [1.807, 2.05) is 0 Å². The fourth-order valence-corrected chi connectivity index (χ4v) is 0.495. The molecule has 0 aliphatic heterocycles. The predicted octanol–water partition coefficient (Wildman–Crippen LogP) is 3.33. The van der Waals surface area contributed by atoms with E-state index in [1.54, 1.807) is 22.6 Å². The minimum Gasteiger partial charge on any atom is -0.209 e. The van der Waals surface area contributed by atoms with E-state index in [1.165, 1.54) is 0 Å². The lowest BCUT2D eigenvalue weighted by atomic mass is 10.5. The van der Waals surface area contributed by atoms with Crippen LogP contribution in [-0.4, -0.2) is 10.2 Å². The van der Waals surface area contributed by atoms with Gasteiger partial charge in [0, 0.05) is 0 Å². The smallest absolute Gasteiger partial charge is 0.209 e. The fourth-order valence-electron chi connectivity index (χ4n) is 0.0952. The maximum absolute atomic E-state index is 11.6. The summed E-state index contributed by atoms with van der Waals surface area (Å²) in [4.78, 5) is 0. The average Bonchev–Trinajstić information content (AvgIpc) is 1.64. The van der Waals surface area contributed by atoms with Gasteiger partial charge in [-0.3, -0.25) is 0 Å². The van der Waals surface area contributed by atoms with Crippen molar-refractivity contribution in [2.45, 2.75) is 10.2 Å². The van der Waals surface area contributed by atoms with Gasteiger partial charge in [-0.2, -0.15) is 0 Å². The van der Waals surface area contributed by atoms with E-state index in [2.05, 4.69) is 31.9 Å². The Kier molecular flexibility index (Phi) is 5.23. The van der Waals surface area contributed by atoms with Crippen LogP contribution in [0.3, 0.4) is 0 Å². The van der Waals surface area contributed by atoms with Gasteiger partial charge in [0.15, 0.2) is 0 Å². The summed E-state index contributed by atoms with van der Waals surface area (Å²) in [5.74, 6) is 0. The van der Waals surface area contributed by atoms with Gasteiger partial charge in [-0.1, -0.05) is 54.5 Å². The summed E-state index contributed by atoms with van der Waals surface area (Å²) in [5, 5.41) is 0. The molecule has 0 bridgehead atoms. The second-order valence-corrected chi connectivity index (χ2v) is 5.29. The third kappa shape index (κ3) is 3.55. The highest BCUT2D eigenvalue weighted by Gasteiger charge is 2.23. The van der Waals surface area contributed by atoms with Gasteiger partial charge in [-0.05, 0) is 0 Å². The topological polar surface area (TPSA) is 0 Å². The summed E-state index contributed by atoms with van der Waals surface area (Å²) >= 11 is 7.46. The number of hydrogen-bond acceptors (Lipinski definition) is 0. The molecule has 0 nitrogen and oxygen atoms in total. The Hall–Kier alpha value is 1.55. The lowest BCUT2D eigenvalue weighted by molar-refractivity contribution is 0.183. The zero-order valence-corrected chi connectivity index (χ0v) is 8.87. The van der Waals surface area contributed by atoms with Crippen molar-refractivity contribution in [1.29, 1.82) is 0 Å². The highest BCUT2D eigenvalue weighted by Crippen LogP contribution is 2.32. The Morgan fingerprint density at radius 1 is 1.38 bits per heavy atom. The lowest BCUT2D eigenvalue weighted by Gasteiger charge is -2.06. The van der Waals surface area contributed by atoms with E-state index in [9.17, 15) is 8.78 Å². The van der Waals surface area contributed by atoms with Crippen molar-refractivity contribution in [2.75, 3.05) is 0 Å². The van der Waals surface area contributed by atoms with Crippen molar-refractivity contribution < 1.29 is 8.78 Å². The van der Waals surface area contributed by atoms with Crippen molar-refractivity contribution in [3.63, 3.8) is 0 Å². The van der Waals surface area contributed by atoms with Gasteiger partial charge in [0.05, 0.1) is 3.74 Å². The Morgan fingerprint density at radius 2 is 1.75 bits per heavy atom. The van der Waals surface area contributed by atoms with Crippen molar-refractivity contribution in [2.24, 2.45) is 0 Å². The summed E-state index contributed by atoms with van der Waals surface area (Å²) in [5.41, 5.74) is 0. The molecule has 0 aromatic heterocycles. The van der Waals surface area contributed by atoms with E-state index in [4.69, 9.17) is 0 Å². The van der Waals surface area contributed by atoms with E-state index >= 15 is 0 Å². The molecule has 0 saturated heterocycles. The number of hydrogen-bond donors (Lipinski definition) is 0. The van der Waals surface area contributed by atoms with Crippen molar-refractivity contribution in [1.82, 2.24) is 0 Å². The normalized spacial score (nSPS) is 12.0. The summed E-state index contributed by atoms with van der Waals surface area (Å²) < 4.78 is 22.8. The van der Waals surface area contributed by atoms with Crippen molar-refractivity contribution >= 4 is 54.5 Å². The molecule has 0 aromatic rings. The van der Waals surface area contributed by atoms with Gasteiger partial charge in [0.2, 0.25) is 0 Å². The van der Waals surface area contributed by atoms with Gasteiger partial charge < -0.3 is 0 Å². The molecule has 0 spiro atoms. The third-order valence-corrected chi connectivity index (χ3v) is 4.21. The largest absolute Gasteiger partial charge is 0.256 e. The molecule has 0 N–H and O–H groups in total. The molecule has 0 saturated carbocycles. The van der Waals surface area contributed by atoms with E-state index in [0.29, 0.717) is 0 Å². The monoisotopic (exact) mass is 361 g/mol. The molecule has 0 atom stereocenters. The molecule has 0 unspecified atom stereocenters. The SMILES string of the molecule is FC(F)[C](I)C(Br)Br. The van der Waals surface area contributed by atoms with Crippen molar-refractivity contribution in [3.8, 4) is 0 Å². The zero-order chi connectivity index (χ0) is 6.73. The van der Waals surface area contributed by atoms with Crippen LogP contribution in [0.2, 0.25) is 0 Å². The van der Waals surface area contributed by atoms with Gasteiger partial charge in [-0.15, -0.1) is 0 Å². The molecular weight excluding hydrogens is 361 g/mol. The van der Waals surface area contributed by atoms with E-state index < -0.39 is 6.43 Å². The molecule has 0 aliphatic carbocycles. The summed E-state index contributed by atoms with van der Waals surface area (Å²) in [7, 11) is 0. The van der Waals surface area contributed by atoms with Crippen LogP contribution in [0.15, 0.2) is 0 Å². The first-order chi connectivity index (χ1) is 3.55. The van der Waals surface area contributed by atoms with Gasteiger partial charge in [0.1, 0.15) is 3.92 Å². The number of rotatable bonds is 2. The Balaban J connectivity index is 3.46. The molecule has 0 fully saturated rings. The lowest BCUT2D eigenvalue weighted by Crippen LogP contribution is -2.06. The van der Waals surface area contributed by atoms with Crippen molar-refractivity contribution in [3.05, 3.63) is 3.92 Å². The number of alkyl halides is 4. The molecule has 1 radical (unpaired) electrons.